The molecule has 120 valence electrons. The molecule has 0 spiro atoms. The molecular weight excluding hydrogens is 303 g/mol. The highest BCUT2D eigenvalue weighted by Gasteiger charge is 2.21. The Bertz CT molecular complexity index is 856. The van der Waals surface area contributed by atoms with Crippen molar-refractivity contribution in [2.24, 2.45) is 0 Å². The van der Waals surface area contributed by atoms with Crippen molar-refractivity contribution >= 4 is 29.0 Å². The number of fused-ring (bicyclic) bond motifs is 1. The Hall–Kier alpha value is -2.74. The number of carboxylic acid groups (broad SMARTS) is 1. The number of pyridine rings is 2. The predicted octanol–water partition coefficient (Wildman–Crippen LogP) is 0.744. The van der Waals surface area contributed by atoms with Crippen LogP contribution in [0.5, 0.6) is 0 Å². The number of aromatic carboxylic acids is 1. The fourth-order valence-electron chi connectivity index (χ4n) is 2.63. The quantitative estimate of drug-likeness (QED) is 0.868. The van der Waals surface area contributed by atoms with Crippen molar-refractivity contribution < 1.29 is 14.3 Å². The van der Waals surface area contributed by atoms with Gasteiger partial charge in [-0.05, 0) is 0 Å². The molecule has 3 rings (SSSR count). The van der Waals surface area contributed by atoms with Crippen LogP contribution in [0.2, 0.25) is 0 Å². The summed E-state index contributed by atoms with van der Waals surface area (Å²) in [7, 11) is 0. The molecule has 2 N–H and O–H groups in total. The minimum atomic E-state index is -1.42. The van der Waals surface area contributed by atoms with Crippen LogP contribution in [0.4, 0.5) is 10.2 Å². The maximum Gasteiger partial charge on any atom is 0.341 e. The normalized spacial score (nSPS) is 14.9. The van der Waals surface area contributed by atoms with Gasteiger partial charge in [0.2, 0.25) is 5.43 Å². The first-order chi connectivity index (χ1) is 11.0. The molecule has 0 aromatic carbocycles. The Balaban J connectivity index is 2.27. The molecule has 1 aliphatic rings. The standard InChI is InChI=1S/C15H15FN4O3/c1-2-19-8-9(15(22)23)13(21)12-10(16)7-11(18-14(12)19)20-5-3-17-4-6-20/h2,7-8,17H,1,3-6H2,(H,22,23). The van der Waals surface area contributed by atoms with Gasteiger partial charge >= 0.3 is 5.97 Å². The monoisotopic (exact) mass is 318 g/mol. The van der Waals surface area contributed by atoms with Gasteiger partial charge in [0.15, 0.2) is 5.65 Å². The summed E-state index contributed by atoms with van der Waals surface area (Å²) in [4.78, 5) is 29.6. The van der Waals surface area contributed by atoms with E-state index < -0.39 is 22.8 Å². The number of carboxylic acids is 1. The first-order valence-corrected chi connectivity index (χ1v) is 7.10. The lowest BCUT2D eigenvalue weighted by Crippen LogP contribution is -2.44. The van der Waals surface area contributed by atoms with Crippen molar-refractivity contribution in [3.63, 3.8) is 0 Å². The van der Waals surface area contributed by atoms with E-state index >= 15 is 0 Å². The van der Waals surface area contributed by atoms with Crippen LogP contribution in [0.3, 0.4) is 0 Å². The van der Waals surface area contributed by atoms with Crippen LogP contribution in [0.25, 0.3) is 17.2 Å². The third-order valence-electron chi connectivity index (χ3n) is 3.79. The molecule has 1 saturated heterocycles. The van der Waals surface area contributed by atoms with Crippen LogP contribution >= 0.6 is 0 Å². The average molecular weight is 318 g/mol. The van der Waals surface area contributed by atoms with Crippen molar-refractivity contribution in [1.29, 1.82) is 0 Å². The molecule has 2 aromatic heterocycles. The molecule has 0 radical (unpaired) electrons. The SMILES string of the molecule is C=Cn1cc(C(=O)O)c(=O)c2c(F)cc(N3CCNCC3)nc21. The van der Waals surface area contributed by atoms with Crippen LogP contribution in [-0.2, 0) is 0 Å². The lowest BCUT2D eigenvalue weighted by atomic mass is 10.2. The first kappa shape index (κ1) is 15.2. The smallest absolute Gasteiger partial charge is 0.341 e. The van der Waals surface area contributed by atoms with E-state index in [0.717, 1.165) is 19.3 Å². The fraction of sp³-hybridized carbons (Fsp3) is 0.267. The lowest BCUT2D eigenvalue weighted by Gasteiger charge is -2.28. The van der Waals surface area contributed by atoms with Gasteiger partial charge in [0.05, 0.1) is 0 Å². The second-order valence-electron chi connectivity index (χ2n) is 5.16. The summed E-state index contributed by atoms with van der Waals surface area (Å²) in [5, 5.41) is 11.9. The summed E-state index contributed by atoms with van der Waals surface area (Å²) < 4.78 is 15.8. The molecule has 23 heavy (non-hydrogen) atoms. The van der Waals surface area contributed by atoms with E-state index in [0.29, 0.717) is 18.9 Å². The number of halogens is 1. The van der Waals surface area contributed by atoms with E-state index in [-0.39, 0.29) is 11.0 Å². The molecule has 1 aliphatic heterocycles. The summed E-state index contributed by atoms with van der Waals surface area (Å²) in [6.45, 7) is 6.42. The van der Waals surface area contributed by atoms with E-state index in [9.17, 15) is 14.0 Å². The van der Waals surface area contributed by atoms with Gasteiger partial charge in [-0.15, -0.1) is 0 Å². The maximum absolute atomic E-state index is 14.5. The third-order valence-corrected chi connectivity index (χ3v) is 3.79. The van der Waals surface area contributed by atoms with E-state index in [2.05, 4.69) is 16.9 Å². The maximum atomic E-state index is 14.5. The summed E-state index contributed by atoms with van der Waals surface area (Å²) in [5.74, 6) is -1.79. The first-order valence-electron chi connectivity index (χ1n) is 7.10. The van der Waals surface area contributed by atoms with Gasteiger partial charge in [0.25, 0.3) is 0 Å². The van der Waals surface area contributed by atoms with Crippen molar-refractivity contribution in [3.05, 3.63) is 40.4 Å². The summed E-state index contributed by atoms with van der Waals surface area (Å²) in [5.41, 5.74) is -1.35. The molecule has 0 aliphatic carbocycles. The number of piperazine rings is 1. The topological polar surface area (TPSA) is 87.5 Å². The number of hydrogen-bond donors (Lipinski definition) is 2. The zero-order valence-corrected chi connectivity index (χ0v) is 12.3. The van der Waals surface area contributed by atoms with Crippen molar-refractivity contribution in [1.82, 2.24) is 14.9 Å². The van der Waals surface area contributed by atoms with Crippen LogP contribution in [0, 0.1) is 5.82 Å². The molecule has 8 heteroatoms. The lowest BCUT2D eigenvalue weighted by molar-refractivity contribution is 0.0695. The Morgan fingerprint density at radius 3 is 2.74 bits per heavy atom. The van der Waals surface area contributed by atoms with Gasteiger partial charge in [0, 0.05) is 44.6 Å². The molecule has 2 aromatic rings. The van der Waals surface area contributed by atoms with Crippen molar-refractivity contribution in [2.75, 3.05) is 31.1 Å². The van der Waals surface area contributed by atoms with Gasteiger partial charge in [0.1, 0.15) is 22.6 Å². The Morgan fingerprint density at radius 2 is 2.13 bits per heavy atom. The van der Waals surface area contributed by atoms with Crippen molar-refractivity contribution in [2.45, 2.75) is 0 Å². The van der Waals surface area contributed by atoms with Crippen molar-refractivity contribution in [3.8, 4) is 0 Å². The molecule has 0 atom stereocenters. The van der Waals surface area contributed by atoms with E-state index in [1.165, 1.54) is 16.8 Å². The molecular formula is C15H15FN4O3. The molecule has 0 saturated carbocycles. The highest BCUT2D eigenvalue weighted by Crippen LogP contribution is 2.21. The number of hydrogen-bond acceptors (Lipinski definition) is 5. The second-order valence-corrected chi connectivity index (χ2v) is 5.16. The molecule has 0 unspecified atom stereocenters. The second kappa shape index (κ2) is 5.81. The van der Waals surface area contributed by atoms with E-state index in [1.807, 2.05) is 4.90 Å². The number of rotatable bonds is 3. The van der Waals surface area contributed by atoms with Crippen LogP contribution in [0.15, 0.2) is 23.6 Å². The summed E-state index contributed by atoms with van der Waals surface area (Å²) >= 11 is 0. The van der Waals surface area contributed by atoms with Gasteiger partial charge in [-0.2, -0.15) is 0 Å². The van der Waals surface area contributed by atoms with Gasteiger partial charge in [-0.3, -0.25) is 4.79 Å². The zero-order valence-electron chi connectivity index (χ0n) is 12.3. The Labute approximate surface area is 130 Å². The van der Waals surface area contributed by atoms with E-state index in [4.69, 9.17) is 5.11 Å². The zero-order chi connectivity index (χ0) is 16.6. The van der Waals surface area contributed by atoms with E-state index in [1.54, 1.807) is 0 Å². The Kier molecular flexibility index (Phi) is 3.83. The highest BCUT2D eigenvalue weighted by molar-refractivity contribution is 5.92. The third kappa shape index (κ3) is 2.57. The number of anilines is 1. The number of carbonyl (C=O) groups is 1. The number of nitrogens with one attached hydrogen (secondary N) is 1. The molecule has 3 heterocycles. The minimum absolute atomic E-state index is 0.0588. The summed E-state index contributed by atoms with van der Waals surface area (Å²) in [6.07, 6.45) is 2.40. The van der Waals surface area contributed by atoms with Gasteiger partial charge < -0.3 is 19.9 Å². The van der Waals surface area contributed by atoms with Gasteiger partial charge in [-0.25, -0.2) is 14.2 Å². The fourth-order valence-corrected chi connectivity index (χ4v) is 2.63. The molecule has 0 bridgehead atoms. The largest absolute Gasteiger partial charge is 0.477 e. The predicted molar refractivity (Wildman–Crippen MR) is 84.4 cm³/mol. The molecule has 7 nitrogen and oxygen atoms in total. The highest BCUT2D eigenvalue weighted by atomic mass is 19.1. The summed E-state index contributed by atoms with van der Waals surface area (Å²) in [6, 6.07) is 1.17. The van der Waals surface area contributed by atoms with Crippen LogP contribution < -0.4 is 15.6 Å². The van der Waals surface area contributed by atoms with Crippen LogP contribution in [0.1, 0.15) is 10.4 Å². The number of aromatic nitrogens is 2. The van der Waals surface area contributed by atoms with Gasteiger partial charge in [-0.1, -0.05) is 6.58 Å². The minimum Gasteiger partial charge on any atom is -0.477 e. The molecule has 1 fully saturated rings. The number of nitrogens with zero attached hydrogens (tertiary/aromatic N) is 3. The average Bonchev–Trinajstić information content (AvgIpc) is 2.55. The Morgan fingerprint density at radius 1 is 1.43 bits per heavy atom. The molecule has 0 amide bonds. The van der Waals surface area contributed by atoms with Crippen LogP contribution in [-0.4, -0.2) is 46.8 Å².